The molecule has 1 aromatic heterocycles. The van der Waals surface area contributed by atoms with Crippen molar-refractivity contribution in [1.29, 1.82) is 0 Å². The van der Waals surface area contributed by atoms with Crippen molar-refractivity contribution in [2.75, 3.05) is 0 Å². The molecule has 2 nitrogen and oxygen atoms in total. The number of hydrogen-bond acceptors (Lipinski definition) is 2. The standard InChI is InChI=1S/C13H8FNO/c14-9-3-4-10-11(7-9)13-8(6-12(10)16)2-1-5-15-13/h1-7,16H. The molecule has 0 saturated heterocycles. The molecular formula is C13H8FNO. The number of phenolic OH excluding ortho intramolecular Hbond substituents is 1. The predicted molar refractivity (Wildman–Crippen MR) is 60.9 cm³/mol. The van der Waals surface area contributed by atoms with Crippen molar-refractivity contribution in [3.05, 3.63) is 48.4 Å². The molecule has 0 fully saturated rings. The average molecular weight is 213 g/mol. The van der Waals surface area contributed by atoms with Crippen LogP contribution in [0.15, 0.2) is 42.6 Å². The Morgan fingerprint density at radius 1 is 1.06 bits per heavy atom. The highest BCUT2D eigenvalue weighted by atomic mass is 19.1. The maximum atomic E-state index is 13.2. The van der Waals surface area contributed by atoms with Crippen molar-refractivity contribution < 1.29 is 9.50 Å². The predicted octanol–water partition coefficient (Wildman–Crippen LogP) is 3.23. The fraction of sp³-hybridized carbons (Fsp3) is 0. The van der Waals surface area contributed by atoms with Gasteiger partial charge in [0.2, 0.25) is 0 Å². The summed E-state index contributed by atoms with van der Waals surface area (Å²) < 4.78 is 13.2. The van der Waals surface area contributed by atoms with Gasteiger partial charge in [0.15, 0.2) is 0 Å². The first-order chi connectivity index (χ1) is 7.75. The van der Waals surface area contributed by atoms with Gasteiger partial charge < -0.3 is 5.11 Å². The van der Waals surface area contributed by atoms with Gasteiger partial charge in [-0.3, -0.25) is 4.98 Å². The van der Waals surface area contributed by atoms with Crippen LogP contribution in [0.25, 0.3) is 21.7 Å². The molecule has 0 bridgehead atoms. The summed E-state index contributed by atoms with van der Waals surface area (Å²) in [6.07, 6.45) is 1.66. The Morgan fingerprint density at radius 2 is 1.94 bits per heavy atom. The lowest BCUT2D eigenvalue weighted by molar-refractivity contribution is 0.482. The van der Waals surface area contributed by atoms with Crippen molar-refractivity contribution in [2.24, 2.45) is 0 Å². The fourth-order valence-electron chi connectivity index (χ4n) is 1.92. The van der Waals surface area contributed by atoms with Crippen LogP contribution < -0.4 is 0 Å². The van der Waals surface area contributed by atoms with Crippen LogP contribution >= 0.6 is 0 Å². The van der Waals surface area contributed by atoms with Crippen LogP contribution in [-0.4, -0.2) is 10.1 Å². The van der Waals surface area contributed by atoms with Gasteiger partial charge in [0.05, 0.1) is 5.52 Å². The molecular weight excluding hydrogens is 205 g/mol. The third kappa shape index (κ3) is 1.21. The number of benzene rings is 2. The van der Waals surface area contributed by atoms with E-state index in [-0.39, 0.29) is 11.6 Å². The zero-order valence-corrected chi connectivity index (χ0v) is 8.31. The summed E-state index contributed by atoms with van der Waals surface area (Å²) in [5.74, 6) is -0.180. The molecule has 0 saturated carbocycles. The van der Waals surface area contributed by atoms with Gasteiger partial charge in [0.1, 0.15) is 11.6 Å². The maximum Gasteiger partial charge on any atom is 0.124 e. The number of nitrogens with zero attached hydrogens (tertiary/aromatic N) is 1. The minimum Gasteiger partial charge on any atom is -0.507 e. The molecule has 2 aromatic carbocycles. The second-order valence-corrected chi connectivity index (χ2v) is 3.66. The molecule has 0 radical (unpaired) electrons. The average Bonchev–Trinajstić information content (AvgIpc) is 2.29. The molecule has 16 heavy (non-hydrogen) atoms. The SMILES string of the molecule is Oc1cc2cccnc2c2cc(F)ccc12. The molecule has 78 valence electrons. The van der Waals surface area contributed by atoms with Gasteiger partial charge in [-0.1, -0.05) is 6.07 Å². The number of rotatable bonds is 0. The quantitative estimate of drug-likeness (QED) is 0.581. The zero-order valence-electron chi connectivity index (χ0n) is 8.31. The molecule has 0 spiro atoms. The number of aromatic nitrogens is 1. The van der Waals surface area contributed by atoms with Gasteiger partial charge in [-0.2, -0.15) is 0 Å². The smallest absolute Gasteiger partial charge is 0.124 e. The van der Waals surface area contributed by atoms with Crippen molar-refractivity contribution >= 4 is 21.7 Å². The molecule has 1 heterocycles. The Balaban J connectivity index is 2.61. The molecule has 3 heteroatoms. The lowest BCUT2D eigenvalue weighted by Crippen LogP contribution is -1.83. The molecule has 0 aliphatic carbocycles. The van der Waals surface area contributed by atoms with E-state index >= 15 is 0 Å². The van der Waals surface area contributed by atoms with E-state index in [0.29, 0.717) is 16.3 Å². The van der Waals surface area contributed by atoms with Crippen molar-refractivity contribution in [2.45, 2.75) is 0 Å². The topological polar surface area (TPSA) is 33.1 Å². The maximum absolute atomic E-state index is 13.2. The third-order valence-corrected chi connectivity index (χ3v) is 2.64. The normalized spacial score (nSPS) is 11.1. The number of hydrogen-bond donors (Lipinski definition) is 1. The van der Waals surface area contributed by atoms with Gasteiger partial charge in [0, 0.05) is 22.4 Å². The molecule has 0 atom stereocenters. The minimum absolute atomic E-state index is 0.149. The van der Waals surface area contributed by atoms with Crippen molar-refractivity contribution in [3.63, 3.8) is 0 Å². The van der Waals surface area contributed by atoms with Crippen molar-refractivity contribution in [3.8, 4) is 5.75 Å². The Morgan fingerprint density at radius 3 is 2.81 bits per heavy atom. The summed E-state index contributed by atoms with van der Waals surface area (Å²) in [5, 5.41) is 11.9. The Kier molecular flexibility index (Phi) is 1.80. The van der Waals surface area contributed by atoms with E-state index in [1.807, 2.05) is 6.07 Å². The monoisotopic (exact) mass is 213 g/mol. The lowest BCUT2D eigenvalue weighted by Gasteiger charge is -2.05. The summed E-state index contributed by atoms with van der Waals surface area (Å²) in [5.41, 5.74) is 0.704. The molecule has 0 unspecified atom stereocenters. The van der Waals surface area contributed by atoms with Gasteiger partial charge in [-0.15, -0.1) is 0 Å². The molecule has 1 N–H and O–H groups in total. The van der Waals surface area contributed by atoms with Crippen LogP contribution in [0.1, 0.15) is 0 Å². The minimum atomic E-state index is -0.329. The highest BCUT2D eigenvalue weighted by molar-refractivity contribution is 6.07. The summed E-state index contributed by atoms with van der Waals surface area (Å²) >= 11 is 0. The highest BCUT2D eigenvalue weighted by Gasteiger charge is 2.07. The molecule has 0 aliphatic heterocycles. The lowest BCUT2D eigenvalue weighted by atomic mass is 10.1. The van der Waals surface area contributed by atoms with Gasteiger partial charge in [-0.05, 0) is 30.3 Å². The summed E-state index contributed by atoms with van der Waals surface area (Å²) in [6, 6.07) is 9.55. The molecule has 3 rings (SSSR count). The van der Waals surface area contributed by atoms with Crippen LogP contribution in [0.3, 0.4) is 0 Å². The Hall–Kier alpha value is -2.16. The number of aromatic hydroxyl groups is 1. The first-order valence-electron chi connectivity index (χ1n) is 4.92. The second kappa shape index (κ2) is 3.17. The summed E-state index contributed by atoms with van der Waals surface area (Å²) in [7, 11) is 0. The van der Waals surface area contributed by atoms with E-state index in [4.69, 9.17) is 0 Å². The van der Waals surface area contributed by atoms with E-state index in [2.05, 4.69) is 4.98 Å². The van der Waals surface area contributed by atoms with Gasteiger partial charge in [0.25, 0.3) is 0 Å². The third-order valence-electron chi connectivity index (χ3n) is 2.64. The van der Waals surface area contributed by atoms with Gasteiger partial charge in [-0.25, -0.2) is 4.39 Å². The van der Waals surface area contributed by atoms with Crippen LogP contribution in [0.4, 0.5) is 4.39 Å². The summed E-state index contributed by atoms with van der Waals surface area (Å²) in [4.78, 5) is 4.21. The largest absolute Gasteiger partial charge is 0.507 e. The zero-order chi connectivity index (χ0) is 11.1. The van der Waals surface area contributed by atoms with E-state index in [1.54, 1.807) is 24.4 Å². The number of pyridine rings is 1. The number of fused-ring (bicyclic) bond motifs is 3. The summed E-state index contributed by atoms with van der Waals surface area (Å²) in [6.45, 7) is 0. The number of phenols is 1. The van der Waals surface area contributed by atoms with E-state index in [1.165, 1.54) is 12.1 Å². The number of halogens is 1. The first kappa shape index (κ1) is 9.09. The fourth-order valence-corrected chi connectivity index (χ4v) is 1.92. The van der Waals surface area contributed by atoms with E-state index in [0.717, 1.165) is 5.39 Å². The van der Waals surface area contributed by atoms with Crippen LogP contribution in [0.2, 0.25) is 0 Å². The van der Waals surface area contributed by atoms with E-state index < -0.39 is 0 Å². The first-order valence-corrected chi connectivity index (χ1v) is 4.92. The second-order valence-electron chi connectivity index (χ2n) is 3.66. The highest BCUT2D eigenvalue weighted by Crippen LogP contribution is 2.31. The van der Waals surface area contributed by atoms with Crippen LogP contribution in [0, 0.1) is 5.82 Å². The van der Waals surface area contributed by atoms with Crippen LogP contribution in [-0.2, 0) is 0 Å². The van der Waals surface area contributed by atoms with E-state index in [9.17, 15) is 9.50 Å². The molecule has 0 amide bonds. The molecule has 3 aromatic rings. The molecule has 0 aliphatic rings. The van der Waals surface area contributed by atoms with Crippen molar-refractivity contribution in [1.82, 2.24) is 4.98 Å². The van der Waals surface area contributed by atoms with Crippen LogP contribution in [0.5, 0.6) is 5.75 Å². The Labute approximate surface area is 91.0 Å². The Bertz CT molecular complexity index is 694. The van der Waals surface area contributed by atoms with Gasteiger partial charge >= 0.3 is 0 Å².